The molecule has 4 heteroatoms. The van der Waals surface area contributed by atoms with Crippen LogP contribution in [0.25, 0.3) is 0 Å². The maximum atomic E-state index is 4.64. The van der Waals surface area contributed by atoms with E-state index in [4.69, 9.17) is 0 Å². The van der Waals surface area contributed by atoms with Crippen LogP contribution in [-0.4, -0.2) is 28.6 Å². The molecule has 0 spiro atoms. The van der Waals surface area contributed by atoms with E-state index < -0.39 is 0 Å². The number of aromatic nitrogens is 1. The molecule has 2 atom stereocenters. The summed E-state index contributed by atoms with van der Waals surface area (Å²) < 4.78 is 0. The Bertz CT molecular complexity index is 383. The lowest BCUT2D eigenvalue weighted by Gasteiger charge is -2.21. The molecule has 19 heavy (non-hydrogen) atoms. The van der Waals surface area contributed by atoms with Gasteiger partial charge in [-0.15, -0.1) is 0 Å². The van der Waals surface area contributed by atoms with Gasteiger partial charge in [-0.1, -0.05) is 26.3 Å². The Hall–Kier alpha value is -0.900. The number of hydrogen-bond acceptors (Lipinski definition) is 4. The summed E-state index contributed by atoms with van der Waals surface area (Å²) >= 11 is 2.08. The Morgan fingerprint density at radius 3 is 2.89 bits per heavy atom. The highest BCUT2D eigenvalue weighted by Crippen LogP contribution is 2.31. The highest BCUT2D eigenvalue weighted by molar-refractivity contribution is 7.99. The van der Waals surface area contributed by atoms with Gasteiger partial charge in [0.1, 0.15) is 11.6 Å². The Kier molecular flexibility index (Phi) is 5.83. The summed E-state index contributed by atoms with van der Waals surface area (Å²) in [6, 6.07) is 6.76. The highest BCUT2D eigenvalue weighted by atomic mass is 32.2. The molecule has 2 N–H and O–H groups in total. The standard InChI is InChI=1S/C15H25N3S/c1-3-11-16-14-9-6-10-15(18-14)17-12-7-5-8-13(12)19-4-2/h6,9-10,12-13H,3-5,7-8,11H2,1-2H3,(H2,16,17,18). The predicted molar refractivity (Wildman–Crippen MR) is 86.2 cm³/mol. The summed E-state index contributed by atoms with van der Waals surface area (Å²) in [5, 5.41) is 7.71. The molecular weight excluding hydrogens is 254 g/mol. The fraction of sp³-hybridized carbons (Fsp3) is 0.667. The van der Waals surface area contributed by atoms with E-state index in [9.17, 15) is 0 Å². The fourth-order valence-corrected chi connectivity index (χ4v) is 3.76. The van der Waals surface area contributed by atoms with E-state index in [1.807, 2.05) is 6.07 Å². The lowest BCUT2D eigenvalue weighted by molar-refractivity contribution is 0.762. The summed E-state index contributed by atoms with van der Waals surface area (Å²) in [4.78, 5) is 4.64. The van der Waals surface area contributed by atoms with E-state index in [2.05, 4.69) is 53.4 Å². The van der Waals surface area contributed by atoms with Crippen LogP contribution in [0.2, 0.25) is 0 Å². The first-order valence-electron chi connectivity index (χ1n) is 7.42. The van der Waals surface area contributed by atoms with Gasteiger partial charge in [-0.05, 0) is 37.1 Å². The molecule has 0 aliphatic heterocycles. The van der Waals surface area contributed by atoms with Crippen molar-refractivity contribution in [3.05, 3.63) is 18.2 Å². The van der Waals surface area contributed by atoms with Crippen molar-refractivity contribution < 1.29 is 0 Å². The van der Waals surface area contributed by atoms with Crippen LogP contribution in [-0.2, 0) is 0 Å². The van der Waals surface area contributed by atoms with Crippen LogP contribution >= 0.6 is 11.8 Å². The molecule has 106 valence electrons. The first-order valence-corrected chi connectivity index (χ1v) is 8.47. The van der Waals surface area contributed by atoms with Gasteiger partial charge in [0.05, 0.1) is 0 Å². The fourth-order valence-electron chi connectivity index (χ4n) is 2.56. The average molecular weight is 279 g/mol. The second-order valence-electron chi connectivity index (χ2n) is 5.01. The minimum Gasteiger partial charge on any atom is -0.370 e. The highest BCUT2D eigenvalue weighted by Gasteiger charge is 2.27. The number of thioether (sulfide) groups is 1. The summed E-state index contributed by atoms with van der Waals surface area (Å²) in [7, 11) is 0. The number of nitrogens with zero attached hydrogens (tertiary/aromatic N) is 1. The zero-order valence-electron chi connectivity index (χ0n) is 12.0. The molecule has 1 aliphatic carbocycles. The number of nitrogens with one attached hydrogen (secondary N) is 2. The molecular formula is C15H25N3S. The molecule has 1 heterocycles. The van der Waals surface area contributed by atoms with E-state index in [1.165, 1.54) is 25.0 Å². The van der Waals surface area contributed by atoms with Crippen molar-refractivity contribution in [2.24, 2.45) is 0 Å². The zero-order valence-corrected chi connectivity index (χ0v) is 12.8. The first kappa shape index (κ1) is 14.5. The molecule has 2 unspecified atom stereocenters. The molecule has 0 amide bonds. The molecule has 0 aromatic carbocycles. The molecule has 3 nitrogen and oxygen atoms in total. The first-order chi connectivity index (χ1) is 9.33. The molecule has 0 saturated heterocycles. The second-order valence-corrected chi connectivity index (χ2v) is 6.53. The van der Waals surface area contributed by atoms with Gasteiger partial charge in [0.25, 0.3) is 0 Å². The maximum absolute atomic E-state index is 4.64. The van der Waals surface area contributed by atoms with E-state index in [0.29, 0.717) is 6.04 Å². The normalized spacial score (nSPS) is 22.4. The van der Waals surface area contributed by atoms with Crippen LogP contribution in [0.4, 0.5) is 11.6 Å². The minimum absolute atomic E-state index is 0.582. The summed E-state index contributed by atoms with van der Waals surface area (Å²) in [5.74, 6) is 3.19. The molecule has 1 saturated carbocycles. The third-order valence-corrected chi connectivity index (χ3v) is 4.80. The van der Waals surface area contributed by atoms with Crippen molar-refractivity contribution >= 4 is 23.4 Å². The van der Waals surface area contributed by atoms with Crippen molar-refractivity contribution in [1.29, 1.82) is 0 Å². The molecule has 0 radical (unpaired) electrons. The van der Waals surface area contributed by atoms with Crippen LogP contribution in [0.1, 0.15) is 39.5 Å². The number of anilines is 2. The van der Waals surface area contributed by atoms with Crippen LogP contribution in [0.5, 0.6) is 0 Å². The molecule has 1 aliphatic rings. The monoisotopic (exact) mass is 279 g/mol. The van der Waals surface area contributed by atoms with E-state index >= 15 is 0 Å². The quantitative estimate of drug-likeness (QED) is 0.791. The van der Waals surface area contributed by atoms with Gasteiger partial charge in [-0.2, -0.15) is 11.8 Å². The van der Waals surface area contributed by atoms with Gasteiger partial charge in [0.15, 0.2) is 0 Å². The van der Waals surface area contributed by atoms with Crippen LogP contribution in [0, 0.1) is 0 Å². The Morgan fingerprint density at radius 1 is 1.26 bits per heavy atom. The topological polar surface area (TPSA) is 37.0 Å². The van der Waals surface area contributed by atoms with Crippen LogP contribution < -0.4 is 10.6 Å². The lowest BCUT2D eigenvalue weighted by Crippen LogP contribution is -2.26. The summed E-state index contributed by atoms with van der Waals surface area (Å²) in [6.07, 6.45) is 5.07. The van der Waals surface area contributed by atoms with Crippen molar-refractivity contribution in [2.45, 2.75) is 50.8 Å². The zero-order chi connectivity index (χ0) is 13.5. The van der Waals surface area contributed by atoms with E-state index in [1.54, 1.807) is 0 Å². The van der Waals surface area contributed by atoms with Crippen molar-refractivity contribution in [1.82, 2.24) is 4.98 Å². The SMILES string of the molecule is CCCNc1cccc(NC2CCCC2SCC)n1. The predicted octanol–water partition coefficient (Wildman–Crippen LogP) is 3.99. The van der Waals surface area contributed by atoms with Gasteiger partial charge in [0, 0.05) is 17.8 Å². The van der Waals surface area contributed by atoms with Crippen molar-refractivity contribution in [3.63, 3.8) is 0 Å². The summed E-state index contributed by atoms with van der Waals surface area (Å²) in [5.41, 5.74) is 0. The third kappa shape index (κ3) is 4.30. The average Bonchev–Trinajstić information content (AvgIpc) is 2.85. The van der Waals surface area contributed by atoms with E-state index in [-0.39, 0.29) is 0 Å². The minimum atomic E-state index is 0.582. The van der Waals surface area contributed by atoms with Crippen LogP contribution in [0.3, 0.4) is 0 Å². The van der Waals surface area contributed by atoms with Crippen molar-refractivity contribution in [2.75, 3.05) is 22.9 Å². The van der Waals surface area contributed by atoms with Gasteiger partial charge < -0.3 is 10.6 Å². The summed E-state index contributed by atoms with van der Waals surface area (Å²) in [6.45, 7) is 5.39. The van der Waals surface area contributed by atoms with Gasteiger partial charge in [-0.25, -0.2) is 4.98 Å². The number of rotatable bonds is 7. The van der Waals surface area contributed by atoms with Gasteiger partial charge >= 0.3 is 0 Å². The van der Waals surface area contributed by atoms with Crippen molar-refractivity contribution in [3.8, 4) is 0 Å². The Labute approximate surface area is 121 Å². The smallest absolute Gasteiger partial charge is 0.128 e. The maximum Gasteiger partial charge on any atom is 0.128 e. The molecule has 2 rings (SSSR count). The van der Waals surface area contributed by atoms with Crippen LogP contribution in [0.15, 0.2) is 18.2 Å². The Morgan fingerprint density at radius 2 is 2.11 bits per heavy atom. The van der Waals surface area contributed by atoms with E-state index in [0.717, 1.165) is 29.9 Å². The lowest BCUT2D eigenvalue weighted by atomic mass is 10.2. The Balaban J connectivity index is 1.94. The van der Waals surface area contributed by atoms with Gasteiger partial charge in [-0.3, -0.25) is 0 Å². The molecule has 1 aromatic heterocycles. The second kappa shape index (κ2) is 7.63. The third-order valence-electron chi connectivity index (χ3n) is 3.47. The largest absolute Gasteiger partial charge is 0.370 e. The number of pyridine rings is 1. The molecule has 1 fully saturated rings. The molecule has 0 bridgehead atoms. The van der Waals surface area contributed by atoms with Gasteiger partial charge in [0.2, 0.25) is 0 Å². The number of hydrogen-bond donors (Lipinski definition) is 2. The molecule has 1 aromatic rings.